The van der Waals surface area contributed by atoms with E-state index in [1.54, 1.807) is 6.20 Å². The fourth-order valence-electron chi connectivity index (χ4n) is 3.40. The molecule has 3 rings (SSSR count). The molecule has 25 heavy (non-hydrogen) atoms. The fraction of sp³-hybridized carbons (Fsp3) is 0.429. The molecule has 1 aliphatic rings. The van der Waals surface area contributed by atoms with Gasteiger partial charge in [-0.2, -0.15) is 0 Å². The number of amides is 1. The van der Waals surface area contributed by atoms with Crippen LogP contribution in [0.25, 0.3) is 0 Å². The summed E-state index contributed by atoms with van der Waals surface area (Å²) < 4.78 is 0. The van der Waals surface area contributed by atoms with Crippen molar-refractivity contribution in [3.63, 3.8) is 0 Å². The average Bonchev–Trinajstić information content (AvgIpc) is 2.63. The van der Waals surface area contributed by atoms with E-state index in [-0.39, 0.29) is 11.9 Å². The van der Waals surface area contributed by atoms with E-state index in [1.807, 2.05) is 19.1 Å². The Morgan fingerprint density at radius 3 is 2.84 bits per heavy atom. The van der Waals surface area contributed by atoms with E-state index in [9.17, 15) is 4.79 Å². The molecule has 1 N–H and O–H groups in total. The SMILES string of the molecule is Cc1ccc(C(=O)NC2CCCN(CCCc3ccccc3)C2)cn1. The summed E-state index contributed by atoms with van der Waals surface area (Å²) >= 11 is 0. The van der Waals surface area contributed by atoms with Gasteiger partial charge in [-0.25, -0.2) is 0 Å². The van der Waals surface area contributed by atoms with Gasteiger partial charge < -0.3 is 10.2 Å². The highest BCUT2D eigenvalue weighted by Gasteiger charge is 2.21. The standard InChI is InChI=1S/C21H27N3O/c1-17-11-12-19(15-22-17)21(25)23-20-10-6-14-24(16-20)13-5-9-18-7-3-2-4-8-18/h2-4,7-8,11-12,15,20H,5-6,9-10,13-14,16H2,1H3,(H,23,25). The third kappa shape index (κ3) is 5.40. The molecule has 1 aromatic heterocycles. The lowest BCUT2D eigenvalue weighted by atomic mass is 10.0. The van der Waals surface area contributed by atoms with E-state index < -0.39 is 0 Å². The molecule has 0 radical (unpaired) electrons. The number of pyridine rings is 1. The van der Waals surface area contributed by atoms with Crippen LogP contribution in [-0.4, -0.2) is 41.5 Å². The lowest BCUT2D eigenvalue weighted by Gasteiger charge is -2.33. The molecule has 0 aliphatic carbocycles. The minimum Gasteiger partial charge on any atom is -0.348 e. The summed E-state index contributed by atoms with van der Waals surface area (Å²) in [5.41, 5.74) is 2.97. The topological polar surface area (TPSA) is 45.2 Å². The first-order chi connectivity index (χ1) is 12.2. The van der Waals surface area contributed by atoms with E-state index in [0.29, 0.717) is 5.56 Å². The van der Waals surface area contributed by atoms with Crippen molar-refractivity contribution in [3.05, 3.63) is 65.5 Å². The summed E-state index contributed by atoms with van der Waals surface area (Å²) in [4.78, 5) is 19.0. The molecule has 132 valence electrons. The number of hydrogen-bond acceptors (Lipinski definition) is 3. The van der Waals surface area contributed by atoms with Crippen molar-refractivity contribution in [3.8, 4) is 0 Å². The first kappa shape index (κ1) is 17.6. The quantitative estimate of drug-likeness (QED) is 0.880. The average molecular weight is 337 g/mol. The second-order valence-corrected chi connectivity index (χ2v) is 6.89. The van der Waals surface area contributed by atoms with Crippen molar-refractivity contribution in [2.75, 3.05) is 19.6 Å². The number of hydrogen-bond donors (Lipinski definition) is 1. The number of aryl methyl sites for hydroxylation is 2. The van der Waals surface area contributed by atoms with Gasteiger partial charge in [0, 0.05) is 24.5 Å². The number of carbonyl (C=O) groups excluding carboxylic acids is 1. The van der Waals surface area contributed by atoms with Crippen LogP contribution in [0.15, 0.2) is 48.7 Å². The largest absolute Gasteiger partial charge is 0.348 e. The second-order valence-electron chi connectivity index (χ2n) is 6.89. The van der Waals surface area contributed by atoms with Crippen LogP contribution in [0.3, 0.4) is 0 Å². The zero-order valence-electron chi connectivity index (χ0n) is 14.9. The lowest BCUT2D eigenvalue weighted by Crippen LogP contribution is -2.48. The van der Waals surface area contributed by atoms with Crippen molar-refractivity contribution in [2.24, 2.45) is 0 Å². The first-order valence-electron chi connectivity index (χ1n) is 9.20. The van der Waals surface area contributed by atoms with Crippen LogP contribution in [0.1, 0.15) is 40.9 Å². The number of aromatic nitrogens is 1. The van der Waals surface area contributed by atoms with Crippen LogP contribution >= 0.6 is 0 Å². The summed E-state index contributed by atoms with van der Waals surface area (Å²) in [5, 5.41) is 3.17. The molecule has 0 bridgehead atoms. The van der Waals surface area contributed by atoms with Gasteiger partial charge in [0.2, 0.25) is 0 Å². The maximum atomic E-state index is 12.4. The highest BCUT2D eigenvalue weighted by molar-refractivity contribution is 5.94. The van der Waals surface area contributed by atoms with Crippen LogP contribution in [-0.2, 0) is 6.42 Å². The van der Waals surface area contributed by atoms with Crippen molar-refractivity contribution in [1.82, 2.24) is 15.2 Å². The van der Waals surface area contributed by atoms with Crippen molar-refractivity contribution in [1.29, 1.82) is 0 Å². The molecular weight excluding hydrogens is 310 g/mol. The summed E-state index contributed by atoms with van der Waals surface area (Å²) in [6.07, 6.45) is 6.13. The Morgan fingerprint density at radius 2 is 2.08 bits per heavy atom. The Kier molecular flexibility index (Phi) is 6.18. The molecule has 1 amide bonds. The van der Waals surface area contributed by atoms with Crippen molar-refractivity contribution in [2.45, 2.75) is 38.6 Å². The molecule has 0 spiro atoms. The Balaban J connectivity index is 1.44. The van der Waals surface area contributed by atoms with Crippen LogP contribution in [0.4, 0.5) is 0 Å². The monoisotopic (exact) mass is 337 g/mol. The predicted molar refractivity (Wildman–Crippen MR) is 101 cm³/mol. The Bertz CT molecular complexity index is 669. The zero-order chi connectivity index (χ0) is 17.5. The number of nitrogens with one attached hydrogen (secondary N) is 1. The fourth-order valence-corrected chi connectivity index (χ4v) is 3.40. The molecule has 1 atom stereocenters. The van der Waals surface area contributed by atoms with Crippen LogP contribution in [0.5, 0.6) is 0 Å². The lowest BCUT2D eigenvalue weighted by molar-refractivity contribution is 0.0903. The van der Waals surface area contributed by atoms with Crippen molar-refractivity contribution < 1.29 is 4.79 Å². The van der Waals surface area contributed by atoms with E-state index in [0.717, 1.165) is 51.0 Å². The van der Waals surface area contributed by atoms with Crippen LogP contribution in [0.2, 0.25) is 0 Å². The summed E-state index contributed by atoms with van der Waals surface area (Å²) in [6, 6.07) is 14.6. The van der Waals surface area contributed by atoms with E-state index in [4.69, 9.17) is 0 Å². The van der Waals surface area contributed by atoms with Crippen molar-refractivity contribution >= 4 is 5.91 Å². The van der Waals surface area contributed by atoms with Gasteiger partial charge in [0.05, 0.1) is 5.56 Å². The summed E-state index contributed by atoms with van der Waals surface area (Å²) in [6.45, 7) is 5.09. The third-order valence-corrected chi connectivity index (χ3v) is 4.80. The van der Waals surface area contributed by atoms with Gasteiger partial charge in [-0.15, -0.1) is 0 Å². The predicted octanol–water partition coefficient (Wildman–Crippen LogP) is 3.22. The number of benzene rings is 1. The first-order valence-corrected chi connectivity index (χ1v) is 9.20. The van der Waals surface area contributed by atoms with Gasteiger partial charge in [-0.1, -0.05) is 30.3 Å². The highest BCUT2D eigenvalue weighted by atomic mass is 16.1. The molecule has 2 aromatic rings. The van der Waals surface area contributed by atoms with Gasteiger partial charge in [-0.05, 0) is 63.4 Å². The molecule has 4 heteroatoms. The number of piperidine rings is 1. The Labute approximate surface area is 150 Å². The minimum absolute atomic E-state index is 0.0105. The van der Waals surface area contributed by atoms with Crippen LogP contribution < -0.4 is 5.32 Å². The molecule has 1 aliphatic heterocycles. The number of likely N-dealkylation sites (tertiary alicyclic amines) is 1. The zero-order valence-corrected chi connectivity index (χ0v) is 14.9. The molecule has 4 nitrogen and oxygen atoms in total. The Hall–Kier alpha value is -2.20. The Morgan fingerprint density at radius 1 is 1.24 bits per heavy atom. The third-order valence-electron chi connectivity index (χ3n) is 4.80. The minimum atomic E-state index is -0.0105. The number of rotatable bonds is 6. The van der Waals surface area contributed by atoms with Gasteiger partial charge in [0.1, 0.15) is 0 Å². The van der Waals surface area contributed by atoms with Gasteiger partial charge in [0.15, 0.2) is 0 Å². The molecule has 2 heterocycles. The molecule has 1 aromatic carbocycles. The van der Waals surface area contributed by atoms with Gasteiger partial charge in [0.25, 0.3) is 5.91 Å². The molecule has 1 saturated heterocycles. The van der Waals surface area contributed by atoms with E-state index >= 15 is 0 Å². The summed E-state index contributed by atoms with van der Waals surface area (Å²) in [7, 11) is 0. The molecule has 1 unspecified atom stereocenters. The number of carbonyl (C=O) groups is 1. The van der Waals surface area contributed by atoms with Crippen LogP contribution in [0, 0.1) is 6.92 Å². The second kappa shape index (κ2) is 8.77. The van der Waals surface area contributed by atoms with Gasteiger partial charge in [-0.3, -0.25) is 9.78 Å². The molecular formula is C21H27N3O. The maximum absolute atomic E-state index is 12.4. The smallest absolute Gasteiger partial charge is 0.253 e. The van der Waals surface area contributed by atoms with E-state index in [1.165, 1.54) is 5.56 Å². The molecule has 1 fully saturated rings. The number of nitrogens with zero attached hydrogens (tertiary/aromatic N) is 2. The van der Waals surface area contributed by atoms with E-state index in [2.05, 4.69) is 45.5 Å². The normalized spacial score (nSPS) is 18.0. The molecule has 0 saturated carbocycles. The van der Waals surface area contributed by atoms with Gasteiger partial charge >= 0.3 is 0 Å². The highest BCUT2D eigenvalue weighted by Crippen LogP contribution is 2.12. The maximum Gasteiger partial charge on any atom is 0.253 e. The summed E-state index contributed by atoms with van der Waals surface area (Å²) in [5.74, 6) is -0.0105.